The molecule has 1 unspecified atom stereocenters. The molecule has 0 spiro atoms. The topological polar surface area (TPSA) is 69.1 Å². The third-order valence-corrected chi connectivity index (χ3v) is 5.64. The zero-order chi connectivity index (χ0) is 16.4. The van der Waals surface area contributed by atoms with Gasteiger partial charge in [-0.1, -0.05) is 60.7 Å². The lowest BCUT2D eigenvalue weighted by Crippen LogP contribution is -2.16. The Hall–Kier alpha value is -1.15. The van der Waals surface area contributed by atoms with Gasteiger partial charge in [0.25, 0.3) is 0 Å². The largest absolute Gasteiger partial charge is 0.321 e. The van der Waals surface area contributed by atoms with Gasteiger partial charge in [0.15, 0.2) is 10.2 Å². The minimum Gasteiger partial charge on any atom is -0.321 e. The number of fused-ring (bicyclic) bond motifs is 1. The SMILES string of the molecule is CC(C)CC(N)c1nnc2sc(SCc3cccc(Cl)c3)nn12. The maximum atomic E-state index is 6.22. The number of nitrogens with two attached hydrogens (primary N) is 1. The average molecular weight is 368 g/mol. The normalized spacial score (nSPS) is 13.1. The molecule has 5 nitrogen and oxygen atoms in total. The van der Waals surface area contributed by atoms with Gasteiger partial charge in [0, 0.05) is 10.8 Å². The summed E-state index contributed by atoms with van der Waals surface area (Å²) in [6.07, 6.45) is 0.864. The van der Waals surface area contributed by atoms with E-state index < -0.39 is 0 Å². The van der Waals surface area contributed by atoms with Crippen LogP contribution in [0.25, 0.3) is 4.96 Å². The predicted octanol–water partition coefficient (Wildman–Crippen LogP) is 4.18. The van der Waals surface area contributed by atoms with E-state index in [0.29, 0.717) is 5.92 Å². The lowest BCUT2D eigenvalue weighted by atomic mass is 10.0. The molecule has 1 aromatic carbocycles. The summed E-state index contributed by atoms with van der Waals surface area (Å²) in [5, 5.41) is 13.7. The van der Waals surface area contributed by atoms with E-state index in [2.05, 4.69) is 35.2 Å². The molecule has 0 aliphatic carbocycles. The number of hydrogen-bond acceptors (Lipinski definition) is 6. The highest BCUT2D eigenvalue weighted by atomic mass is 35.5. The molecule has 0 amide bonds. The van der Waals surface area contributed by atoms with Crippen molar-refractivity contribution in [3.05, 3.63) is 40.7 Å². The number of halogens is 1. The summed E-state index contributed by atoms with van der Waals surface area (Å²) in [5.41, 5.74) is 7.39. The first kappa shape index (κ1) is 16.7. The van der Waals surface area contributed by atoms with Crippen molar-refractivity contribution in [1.82, 2.24) is 19.8 Å². The molecule has 23 heavy (non-hydrogen) atoms. The molecule has 122 valence electrons. The monoisotopic (exact) mass is 367 g/mol. The maximum Gasteiger partial charge on any atom is 0.235 e. The first-order valence-corrected chi connectivity index (χ1v) is 9.56. The first-order chi connectivity index (χ1) is 11.0. The Balaban J connectivity index is 1.74. The Bertz CT molecular complexity index is 798. The van der Waals surface area contributed by atoms with Gasteiger partial charge in [-0.25, -0.2) is 0 Å². The van der Waals surface area contributed by atoms with Crippen LogP contribution >= 0.6 is 34.7 Å². The van der Waals surface area contributed by atoms with Crippen molar-refractivity contribution in [3.63, 3.8) is 0 Å². The molecule has 8 heteroatoms. The number of benzene rings is 1. The van der Waals surface area contributed by atoms with Gasteiger partial charge in [0.05, 0.1) is 6.04 Å². The van der Waals surface area contributed by atoms with E-state index in [1.807, 2.05) is 18.2 Å². The first-order valence-electron chi connectivity index (χ1n) is 7.38. The second-order valence-corrected chi connectivity index (χ2v) is 8.39. The number of aromatic nitrogens is 4. The molecule has 3 rings (SSSR count). The van der Waals surface area contributed by atoms with Crippen LogP contribution in [0.1, 0.15) is 37.7 Å². The maximum absolute atomic E-state index is 6.22. The quantitative estimate of drug-likeness (QED) is 0.662. The molecule has 1 atom stereocenters. The molecule has 0 bridgehead atoms. The van der Waals surface area contributed by atoms with Crippen molar-refractivity contribution in [1.29, 1.82) is 0 Å². The van der Waals surface area contributed by atoms with Gasteiger partial charge in [-0.15, -0.1) is 15.3 Å². The minimum absolute atomic E-state index is 0.141. The number of thioether (sulfide) groups is 1. The van der Waals surface area contributed by atoms with Gasteiger partial charge >= 0.3 is 0 Å². The molecule has 2 aromatic heterocycles. The molecule has 2 N–H and O–H groups in total. The predicted molar refractivity (Wildman–Crippen MR) is 96.1 cm³/mol. The average Bonchev–Trinajstić information content (AvgIpc) is 3.04. The van der Waals surface area contributed by atoms with E-state index in [-0.39, 0.29) is 6.04 Å². The van der Waals surface area contributed by atoms with E-state index >= 15 is 0 Å². The van der Waals surface area contributed by atoms with Gasteiger partial charge in [0.1, 0.15) is 0 Å². The fourth-order valence-corrected chi connectivity index (χ4v) is 4.33. The van der Waals surface area contributed by atoms with E-state index in [1.165, 1.54) is 16.9 Å². The Morgan fingerprint density at radius 2 is 2.17 bits per heavy atom. The van der Waals surface area contributed by atoms with Gasteiger partial charge in [-0.05, 0) is 30.0 Å². The number of nitrogens with zero attached hydrogens (tertiary/aromatic N) is 4. The Labute approximate surface area is 148 Å². The summed E-state index contributed by atoms with van der Waals surface area (Å²) < 4.78 is 2.73. The summed E-state index contributed by atoms with van der Waals surface area (Å²) in [7, 11) is 0. The molecule has 0 radical (unpaired) electrons. The van der Waals surface area contributed by atoms with Crippen LogP contribution in [0.5, 0.6) is 0 Å². The molecule has 0 aliphatic heterocycles. The molecule has 0 saturated heterocycles. The summed E-state index contributed by atoms with van der Waals surface area (Å²) >= 11 is 9.21. The van der Waals surface area contributed by atoms with Crippen LogP contribution < -0.4 is 5.73 Å². The number of hydrogen-bond donors (Lipinski definition) is 1. The second-order valence-electron chi connectivity index (χ2n) is 5.78. The van der Waals surface area contributed by atoms with Gasteiger partial charge in [0.2, 0.25) is 4.96 Å². The summed E-state index contributed by atoms with van der Waals surface area (Å²) in [4.78, 5) is 0.785. The highest BCUT2D eigenvalue weighted by Gasteiger charge is 2.18. The zero-order valence-corrected chi connectivity index (χ0v) is 15.3. The van der Waals surface area contributed by atoms with Crippen molar-refractivity contribution in [2.75, 3.05) is 0 Å². The van der Waals surface area contributed by atoms with E-state index in [9.17, 15) is 0 Å². The third kappa shape index (κ3) is 4.03. The third-order valence-electron chi connectivity index (χ3n) is 3.30. The van der Waals surface area contributed by atoms with Crippen LogP contribution in [0.15, 0.2) is 28.6 Å². The molecule has 0 aliphatic rings. The van der Waals surface area contributed by atoms with Crippen LogP contribution in [-0.2, 0) is 5.75 Å². The van der Waals surface area contributed by atoms with Crippen LogP contribution in [0, 0.1) is 5.92 Å². The van der Waals surface area contributed by atoms with Crippen LogP contribution in [0.2, 0.25) is 5.02 Å². The Morgan fingerprint density at radius 3 is 2.91 bits per heavy atom. The zero-order valence-electron chi connectivity index (χ0n) is 12.9. The summed E-state index contributed by atoms with van der Waals surface area (Å²) in [6, 6.07) is 7.72. The lowest BCUT2D eigenvalue weighted by molar-refractivity contribution is 0.485. The van der Waals surface area contributed by atoms with Crippen molar-refractivity contribution >= 4 is 39.7 Å². The fourth-order valence-electron chi connectivity index (χ4n) is 2.29. The van der Waals surface area contributed by atoms with E-state index in [4.69, 9.17) is 17.3 Å². The molecule has 0 fully saturated rings. The second kappa shape index (κ2) is 7.17. The van der Waals surface area contributed by atoms with E-state index in [0.717, 1.165) is 32.3 Å². The highest BCUT2D eigenvalue weighted by molar-refractivity contribution is 8.00. The van der Waals surface area contributed by atoms with Crippen molar-refractivity contribution in [2.45, 2.75) is 36.4 Å². The van der Waals surface area contributed by atoms with Crippen molar-refractivity contribution in [2.24, 2.45) is 11.7 Å². The Kier molecular flexibility index (Phi) is 5.21. The van der Waals surface area contributed by atoms with Gasteiger partial charge < -0.3 is 5.73 Å². The standard InChI is InChI=1S/C15H18ClN5S2/c1-9(2)6-12(17)13-18-19-14-21(13)20-15(23-14)22-8-10-4-3-5-11(16)7-10/h3-5,7,9,12H,6,8,17H2,1-2H3. The summed E-state index contributed by atoms with van der Waals surface area (Å²) in [6.45, 7) is 4.29. The Morgan fingerprint density at radius 1 is 1.35 bits per heavy atom. The molecule has 2 heterocycles. The molecular weight excluding hydrogens is 350 g/mol. The van der Waals surface area contributed by atoms with Gasteiger partial charge in [-0.3, -0.25) is 0 Å². The highest BCUT2D eigenvalue weighted by Crippen LogP contribution is 2.29. The van der Waals surface area contributed by atoms with E-state index in [1.54, 1.807) is 16.3 Å². The summed E-state index contributed by atoms with van der Waals surface area (Å²) in [5.74, 6) is 2.06. The van der Waals surface area contributed by atoms with Crippen molar-refractivity contribution in [3.8, 4) is 0 Å². The van der Waals surface area contributed by atoms with Crippen molar-refractivity contribution < 1.29 is 0 Å². The lowest BCUT2D eigenvalue weighted by Gasteiger charge is -2.10. The minimum atomic E-state index is -0.141. The van der Waals surface area contributed by atoms with Crippen LogP contribution in [0.4, 0.5) is 0 Å². The van der Waals surface area contributed by atoms with Gasteiger partial charge in [-0.2, -0.15) is 4.52 Å². The molecular formula is C15H18ClN5S2. The molecule has 3 aromatic rings. The number of rotatable bonds is 6. The molecule has 0 saturated carbocycles. The van der Waals surface area contributed by atoms with Crippen LogP contribution in [-0.4, -0.2) is 19.8 Å². The fraction of sp³-hybridized carbons (Fsp3) is 0.400. The van der Waals surface area contributed by atoms with Crippen LogP contribution in [0.3, 0.4) is 0 Å². The smallest absolute Gasteiger partial charge is 0.235 e.